The number of rotatable bonds is 4. The van der Waals surface area contributed by atoms with Crippen molar-refractivity contribution in [3.05, 3.63) is 28.7 Å². The average Bonchev–Trinajstić information content (AvgIpc) is 2.52. The largest absolute Gasteiger partial charge is 0.383 e. The van der Waals surface area contributed by atoms with Crippen molar-refractivity contribution in [2.24, 2.45) is 5.41 Å². The number of benzene rings is 1. The van der Waals surface area contributed by atoms with E-state index < -0.39 is 0 Å². The van der Waals surface area contributed by atoms with Crippen LogP contribution in [-0.4, -0.2) is 31.1 Å². The van der Waals surface area contributed by atoms with Gasteiger partial charge in [-0.15, -0.1) is 0 Å². The Morgan fingerprint density at radius 1 is 1.00 bits per heavy atom. The minimum absolute atomic E-state index is 0.727. The van der Waals surface area contributed by atoms with Crippen LogP contribution in [0.2, 0.25) is 0 Å². The Labute approximate surface area is 137 Å². The highest BCUT2D eigenvalue weighted by Crippen LogP contribution is 2.44. The molecule has 0 atom stereocenters. The smallest absolute Gasteiger partial charge is 0.0485 e. The highest BCUT2D eigenvalue weighted by molar-refractivity contribution is 9.10. The van der Waals surface area contributed by atoms with E-state index in [0.717, 1.165) is 23.0 Å². The summed E-state index contributed by atoms with van der Waals surface area (Å²) in [6.07, 6.45) is 10.3. The summed E-state index contributed by atoms with van der Waals surface area (Å²) in [6.45, 7) is 4.81. The van der Waals surface area contributed by atoms with E-state index in [1.54, 1.807) is 0 Å². The van der Waals surface area contributed by atoms with Gasteiger partial charge >= 0.3 is 0 Å². The van der Waals surface area contributed by atoms with Crippen molar-refractivity contribution in [1.29, 1.82) is 0 Å². The van der Waals surface area contributed by atoms with Crippen LogP contribution in [0.5, 0.6) is 0 Å². The monoisotopic (exact) mass is 350 g/mol. The summed E-state index contributed by atoms with van der Waals surface area (Å²) in [5.41, 5.74) is 1.93. The second kappa shape index (κ2) is 7.15. The topological polar surface area (TPSA) is 15.3 Å². The molecule has 1 aromatic carbocycles. The minimum Gasteiger partial charge on any atom is -0.383 e. The van der Waals surface area contributed by atoms with Crippen LogP contribution < -0.4 is 5.32 Å². The third kappa shape index (κ3) is 4.01. The maximum atomic E-state index is 3.59. The summed E-state index contributed by atoms with van der Waals surface area (Å²) >= 11 is 3.59. The van der Waals surface area contributed by atoms with Crippen molar-refractivity contribution in [1.82, 2.24) is 4.90 Å². The van der Waals surface area contributed by atoms with Crippen LogP contribution in [0, 0.1) is 5.41 Å². The number of anilines is 1. The standard InChI is InChI=1S/C18H27BrN2/c19-16-6-2-3-7-17(16)20-12-15-21-13-10-18(11-14-21)8-4-1-5-9-18/h2-3,6-7,20H,1,4-5,8-15H2. The molecule has 1 N–H and O–H groups in total. The molecule has 0 radical (unpaired) electrons. The number of halogens is 1. The first-order valence-electron chi connectivity index (χ1n) is 8.48. The zero-order chi connectivity index (χ0) is 14.5. The number of nitrogens with one attached hydrogen (secondary N) is 1. The highest BCUT2D eigenvalue weighted by Gasteiger charge is 2.35. The molecule has 2 nitrogen and oxygen atoms in total. The summed E-state index contributed by atoms with van der Waals surface area (Å²) in [7, 11) is 0. The SMILES string of the molecule is Brc1ccccc1NCCN1CCC2(CCCCC2)CC1. The first kappa shape index (κ1) is 15.4. The number of hydrogen-bond donors (Lipinski definition) is 1. The fourth-order valence-corrected chi connectivity index (χ4v) is 4.43. The molecule has 3 rings (SSSR count). The average molecular weight is 351 g/mol. The molecule has 1 saturated heterocycles. The molecule has 0 bridgehead atoms. The van der Waals surface area contributed by atoms with Crippen molar-refractivity contribution in [2.75, 3.05) is 31.5 Å². The Bertz CT molecular complexity index is 444. The van der Waals surface area contributed by atoms with E-state index in [9.17, 15) is 0 Å². The normalized spacial score (nSPS) is 22.3. The van der Waals surface area contributed by atoms with Crippen LogP contribution in [0.15, 0.2) is 28.7 Å². The fourth-order valence-electron chi connectivity index (χ4n) is 4.01. The summed E-state index contributed by atoms with van der Waals surface area (Å²) < 4.78 is 1.16. The Morgan fingerprint density at radius 2 is 1.71 bits per heavy atom. The molecule has 1 saturated carbocycles. The van der Waals surface area contributed by atoms with Crippen molar-refractivity contribution in [3.8, 4) is 0 Å². The van der Waals surface area contributed by atoms with Gasteiger partial charge in [-0.05, 0) is 72.3 Å². The van der Waals surface area contributed by atoms with E-state index in [-0.39, 0.29) is 0 Å². The van der Waals surface area contributed by atoms with Crippen molar-refractivity contribution >= 4 is 21.6 Å². The Morgan fingerprint density at radius 3 is 2.43 bits per heavy atom. The fraction of sp³-hybridized carbons (Fsp3) is 0.667. The number of likely N-dealkylation sites (tertiary alicyclic amines) is 1. The van der Waals surface area contributed by atoms with E-state index in [1.807, 2.05) is 0 Å². The number of nitrogens with zero attached hydrogens (tertiary/aromatic N) is 1. The molecule has 116 valence electrons. The van der Waals surface area contributed by atoms with E-state index in [0.29, 0.717) is 0 Å². The van der Waals surface area contributed by atoms with Gasteiger partial charge in [-0.1, -0.05) is 31.4 Å². The molecule has 3 heteroatoms. The van der Waals surface area contributed by atoms with Gasteiger partial charge in [0.2, 0.25) is 0 Å². The molecular formula is C18H27BrN2. The van der Waals surface area contributed by atoms with Crippen molar-refractivity contribution in [2.45, 2.75) is 44.9 Å². The molecule has 2 fully saturated rings. The summed E-state index contributed by atoms with van der Waals surface area (Å²) in [4.78, 5) is 2.64. The quantitative estimate of drug-likeness (QED) is 0.829. The number of piperidine rings is 1. The van der Waals surface area contributed by atoms with E-state index in [2.05, 4.69) is 50.4 Å². The molecule has 1 aliphatic carbocycles. The molecule has 1 aliphatic heterocycles. The molecule has 0 unspecified atom stereocenters. The molecule has 21 heavy (non-hydrogen) atoms. The van der Waals surface area contributed by atoms with Crippen LogP contribution in [0.4, 0.5) is 5.69 Å². The molecule has 1 aromatic rings. The molecule has 2 aliphatic rings. The Hall–Kier alpha value is -0.540. The lowest BCUT2D eigenvalue weighted by atomic mass is 9.68. The van der Waals surface area contributed by atoms with Crippen LogP contribution in [-0.2, 0) is 0 Å². The van der Waals surface area contributed by atoms with Gasteiger partial charge in [0.05, 0.1) is 0 Å². The lowest BCUT2D eigenvalue weighted by Gasteiger charge is -2.44. The van der Waals surface area contributed by atoms with Crippen LogP contribution in [0.25, 0.3) is 0 Å². The van der Waals surface area contributed by atoms with E-state index in [1.165, 1.54) is 63.7 Å². The van der Waals surface area contributed by atoms with E-state index in [4.69, 9.17) is 0 Å². The predicted octanol–water partition coefficient (Wildman–Crippen LogP) is 4.91. The lowest BCUT2D eigenvalue weighted by molar-refractivity contribution is 0.0699. The first-order valence-corrected chi connectivity index (χ1v) is 9.28. The second-order valence-corrected chi connectivity index (χ2v) is 7.66. The molecular weight excluding hydrogens is 324 g/mol. The predicted molar refractivity (Wildman–Crippen MR) is 93.8 cm³/mol. The maximum absolute atomic E-state index is 3.59. The second-order valence-electron chi connectivity index (χ2n) is 6.81. The van der Waals surface area contributed by atoms with Gasteiger partial charge in [0.1, 0.15) is 0 Å². The van der Waals surface area contributed by atoms with Gasteiger partial charge in [0.25, 0.3) is 0 Å². The molecule has 0 amide bonds. The zero-order valence-corrected chi connectivity index (χ0v) is 14.5. The summed E-state index contributed by atoms with van der Waals surface area (Å²) in [6, 6.07) is 8.37. The highest BCUT2D eigenvalue weighted by atomic mass is 79.9. The van der Waals surface area contributed by atoms with Gasteiger partial charge < -0.3 is 10.2 Å². The van der Waals surface area contributed by atoms with Crippen molar-refractivity contribution in [3.63, 3.8) is 0 Å². The van der Waals surface area contributed by atoms with Gasteiger partial charge in [-0.25, -0.2) is 0 Å². The Kier molecular flexibility index (Phi) is 5.23. The lowest BCUT2D eigenvalue weighted by Crippen LogP contribution is -2.42. The van der Waals surface area contributed by atoms with Gasteiger partial charge in [0, 0.05) is 23.2 Å². The Balaban J connectivity index is 1.40. The first-order chi connectivity index (χ1) is 10.3. The van der Waals surface area contributed by atoms with Crippen molar-refractivity contribution < 1.29 is 0 Å². The van der Waals surface area contributed by atoms with Crippen LogP contribution >= 0.6 is 15.9 Å². The summed E-state index contributed by atoms with van der Waals surface area (Å²) in [5, 5.41) is 3.54. The van der Waals surface area contributed by atoms with Crippen LogP contribution in [0.3, 0.4) is 0 Å². The van der Waals surface area contributed by atoms with E-state index >= 15 is 0 Å². The van der Waals surface area contributed by atoms with Crippen LogP contribution in [0.1, 0.15) is 44.9 Å². The molecule has 1 spiro atoms. The molecule has 1 heterocycles. The summed E-state index contributed by atoms with van der Waals surface area (Å²) in [5.74, 6) is 0. The van der Waals surface area contributed by atoms with Gasteiger partial charge in [-0.2, -0.15) is 0 Å². The van der Waals surface area contributed by atoms with Gasteiger partial charge in [0.15, 0.2) is 0 Å². The zero-order valence-electron chi connectivity index (χ0n) is 12.9. The minimum atomic E-state index is 0.727. The molecule has 0 aromatic heterocycles. The number of hydrogen-bond acceptors (Lipinski definition) is 2. The van der Waals surface area contributed by atoms with Gasteiger partial charge in [-0.3, -0.25) is 0 Å². The third-order valence-electron chi connectivity index (χ3n) is 5.45. The maximum Gasteiger partial charge on any atom is 0.0485 e. The third-order valence-corrected chi connectivity index (χ3v) is 6.14. The number of para-hydroxylation sites is 1.